The number of aliphatic hydroxyl groups is 16. The molecule has 68 heavy (non-hydrogen) atoms. The van der Waals surface area contributed by atoms with E-state index in [4.69, 9.17) is 52.8 Å². The highest BCUT2D eigenvalue weighted by Gasteiger charge is 2.59. The fourth-order valence-corrected chi connectivity index (χ4v) is 8.46. The lowest BCUT2D eigenvalue weighted by molar-refractivity contribution is -0.382. The Morgan fingerprint density at radius 1 is 0.676 bits per heavy atom. The second kappa shape index (κ2) is 24.2. The maximum atomic E-state index is 12.7. The first kappa shape index (κ1) is 56.3. The normalized spacial score (nSPS) is 46.6. The summed E-state index contributed by atoms with van der Waals surface area (Å²) >= 11 is 0. The molecule has 5 fully saturated rings. The van der Waals surface area contributed by atoms with Crippen molar-refractivity contribution in [3.63, 3.8) is 0 Å². The van der Waals surface area contributed by atoms with Gasteiger partial charge >= 0.3 is 5.97 Å². The average Bonchev–Trinajstić information content (AvgIpc) is 3.31. The van der Waals surface area contributed by atoms with Gasteiger partial charge in [-0.2, -0.15) is 0 Å². The van der Waals surface area contributed by atoms with Crippen LogP contribution in [0.3, 0.4) is 0 Å². The molecule has 0 saturated carbocycles. The zero-order valence-corrected chi connectivity index (χ0v) is 36.0. The monoisotopic (exact) mass is 998 g/mol. The molecule has 0 aliphatic carbocycles. The molecular weight excluding hydrogens is 936 g/mol. The minimum absolute atomic E-state index is 0.477. The third-order valence-corrected chi connectivity index (χ3v) is 12.2. The maximum Gasteiger partial charge on any atom is 0.364 e. The molecule has 26 unspecified atom stereocenters. The Hall–Kier alpha value is -2.59. The fraction of sp³-hybridized carbons (Fsp3) is 0.919. The van der Waals surface area contributed by atoms with Gasteiger partial charge < -0.3 is 139 Å². The summed E-state index contributed by atoms with van der Waals surface area (Å²) < 4.78 is 55.3. The van der Waals surface area contributed by atoms with Crippen molar-refractivity contribution in [1.29, 1.82) is 5.41 Å². The van der Waals surface area contributed by atoms with Crippen molar-refractivity contribution >= 4 is 18.3 Å². The van der Waals surface area contributed by atoms with Gasteiger partial charge in [-0.15, -0.1) is 0 Å². The molecular formula is C37H62N2O29. The number of hydrogen-bond acceptors (Lipinski definition) is 29. The number of carbonyl (C=O) groups is 2. The molecule has 5 rings (SSSR count). The minimum atomic E-state index is -2.91. The van der Waals surface area contributed by atoms with Crippen molar-refractivity contribution in [3.05, 3.63) is 0 Å². The number of ether oxygens (including phenoxy) is 10. The number of amides is 1. The van der Waals surface area contributed by atoms with E-state index in [1.54, 1.807) is 0 Å². The molecule has 5 saturated heterocycles. The smallest absolute Gasteiger partial charge is 0.364 e. The quantitative estimate of drug-likeness (QED) is 0.0398. The van der Waals surface area contributed by atoms with E-state index in [1.807, 2.05) is 0 Å². The van der Waals surface area contributed by atoms with Gasteiger partial charge in [0.05, 0.1) is 51.8 Å². The van der Waals surface area contributed by atoms with Crippen LogP contribution >= 0.6 is 0 Å². The van der Waals surface area contributed by atoms with Crippen LogP contribution in [0.15, 0.2) is 0 Å². The number of carbonyl (C=O) groups excluding carboxylic acids is 1. The molecule has 26 atom stereocenters. The van der Waals surface area contributed by atoms with Crippen molar-refractivity contribution in [2.75, 3.05) is 39.6 Å². The van der Waals surface area contributed by atoms with Crippen molar-refractivity contribution < 1.29 is 144 Å². The van der Waals surface area contributed by atoms with Crippen LogP contribution in [0, 0.1) is 11.3 Å². The first-order chi connectivity index (χ1) is 32.1. The van der Waals surface area contributed by atoms with E-state index < -0.39 is 217 Å². The van der Waals surface area contributed by atoms with E-state index in [0.29, 0.717) is 6.40 Å². The number of hydrogen-bond donors (Lipinski definition) is 19. The zero-order valence-electron chi connectivity index (χ0n) is 36.0. The summed E-state index contributed by atoms with van der Waals surface area (Å²) in [5.41, 5.74) is 0. The minimum Gasteiger partial charge on any atom is -0.483 e. The molecule has 0 aromatic carbocycles. The van der Waals surface area contributed by atoms with Crippen molar-refractivity contribution in [2.24, 2.45) is 5.92 Å². The van der Waals surface area contributed by atoms with Gasteiger partial charge in [0.25, 0.3) is 5.79 Å². The molecule has 0 aromatic rings. The lowest BCUT2D eigenvalue weighted by Gasteiger charge is -2.50. The lowest BCUT2D eigenvalue weighted by Crippen LogP contribution is -2.70. The standard InChI is InChI=1S/C37H62N2O29/c1-10(44)39-18-22(50)29(16(6-43)63-33(18)67-31-21(49)14(4-41)62-35(27(31)55)66-30-15(5-42)61-32(56)25(53)24(30)52)65-34-26(54)23(51)20(48)17(64-34)8-60-37(36(57)58)2-12(45)11(7-59-9-38)28(68-37)19(47)13(46)3-40/h9,11-35,38,40-43,45-56H,2-8H2,1H3,(H,39,44)(H,57,58). The summed E-state index contributed by atoms with van der Waals surface area (Å²) in [6, 6.07) is -1.79. The molecule has 5 aliphatic heterocycles. The third kappa shape index (κ3) is 12.0. The van der Waals surface area contributed by atoms with Crippen LogP contribution < -0.4 is 5.32 Å². The fourth-order valence-electron chi connectivity index (χ4n) is 8.46. The van der Waals surface area contributed by atoms with Gasteiger partial charge in [-0.05, 0) is 0 Å². The highest BCUT2D eigenvalue weighted by atomic mass is 16.8. The van der Waals surface area contributed by atoms with Gasteiger partial charge in [-0.1, -0.05) is 0 Å². The average molecular weight is 999 g/mol. The number of aliphatic hydroxyl groups excluding tert-OH is 16. The molecule has 0 spiro atoms. The Kier molecular flexibility index (Phi) is 20.1. The van der Waals surface area contributed by atoms with E-state index in [9.17, 15) is 96.4 Å². The molecule has 31 heteroatoms. The first-order valence-electron chi connectivity index (χ1n) is 21.2. The summed E-state index contributed by atoms with van der Waals surface area (Å²) in [6.45, 7) is -4.60. The van der Waals surface area contributed by atoms with Gasteiger partial charge in [0.15, 0.2) is 31.6 Å². The number of carboxylic acids is 1. The number of carboxylic acid groups (broad SMARTS) is 1. The molecule has 0 aromatic heterocycles. The number of rotatable bonds is 20. The number of nitrogens with one attached hydrogen (secondary N) is 2. The Morgan fingerprint density at radius 2 is 1.24 bits per heavy atom. The van der Waals surface area contributed by atoms with Gasteiger partial charge in [0, 0.05) is 19.3 Å². The third-order valence-electron chi connectivity index (χ3n) is 12.2. The topological polar surface area (TPSA) is 506 Å². The first-order valence-corrected chi connectivity index (χ1v) is 21.2. The van der Waals surface area contributed by atoms with Gasteiger partial charge in [-0.25, -0.2) is 4.79 Å². The Morgan fingerprint density at radius 3 is 1.81 bits per heavy atom. The van der Waals surface area contributed by atoms with Crippen molar-refractivity contribution in [3.8, 4) is 0 Å². The Labute approximate surface area is 384 Å². The lowest BCUT2D eigenvalue weighted by atomic mass is 9.83. The van der Waals surface area contributed by atoms with Gasteiger partial charge in [0.1, 0.15) is 110 Å². The van der Waals surface area contributed by atoms with Gasteiger partial charge in [-0.3, -0.25) is 10.2 Å². The predicted octanol–water partition coefficient (Wildman–Crippen LogP) is -11.7. The van der Waals surface area contributed by atoms with E-state index in [1.165, 1.54) is 0 Å². The molecule has 19 N–H and O–H groups in total. The summed E-state index contributed by atoms with van der Waals surface area (Å²) in [5, 5.41) is 189. The van der Waals surface area contributed by atoms with Crippen molar-refractivity contribution in [1.82, 2.24) is 5.32 Å². The Balaban J connectivity index is 1.34. The molecule has 394 valence electrons. The predicted molar refractivity (Wildman–Crippen MR) is 208 cm³/mol. The highest BCUT2D eigenvalue weighted by Crippen LogP contribution is 2.39. The van der Waals surface area contributed by atoms with Crippen LogP contribution in [0.4, 0.5) is 0 Å². The van der Waals surface area contributed by atoms with E-state index in [2.05, 4.69) is 5.32 Å². The molecule has 0 bridgehead atoms. The van der Waals surface area contributed by atoms with Crippen LogP contribution in [0.1, 0.15) is 13.3 Å². The second-order valence-corrected chi connectivity index (χ2v) is 16.8. The van der Waals surface area contributed by atoms with E-state index in [0.717, 1.165) is 6.92 Å². The Bertz CT molecular complexity index is 1620. The van der Waals surface area contributed by atoms with Crippen LogP contribution in [-0.2, 0) is 57.0 Å². The largest absolute Gasteiger partial charge is 0.483 e. The van der Waals surface area contributed by atoms with E-state index in [-0.39, 0.29) is 0 Å². The van der Waals surface area contributed by atoms with E-state index >= 15 is 0 Å². The highest BCUT2D eigenvalue weighted by molar-refractivity contribution is 5.76. The molecule has 5 aliphatic rings. The molecule has 1 amide bonds. The summed E-state index contributed by atoms with van der Waals surface area (Å²) in [7, 11) is 0. The van der Waals surface area contributed by atoms with Crippen molar-refractivity contribution in [2.45, 2.75) is 166 Å². The molecule has 31 nitrogen and oxygen atoms in total. The summed E-state index contributed by atoms with van der Waals surface area (Å²) in [4.78, 5) is 25.2. The molecule has 5 heterocycles. The van der Waals surface area contributed by atoms with Crippen LogP contribution in [-0.4, -0.2) is 298 Å². The second-order valence-electron chi connectivity index (χ2n) is 16.8. The maximum absolute atomic E-state index is 12.7. The SMILES string of the molecule is CC(=O)NC1C(OC2C(O)C(CO)OC(OC3C(CO)OC(O)C(O)C3O)C2O)OC(CO)C(OC2OC(COC3(C(=O)O)CC(O)C(COC=N)C(C(O)C(O)CO)O3)C(O)C(O)C2O)C1O. The van der Waals surface area contributed by atoms with Crippen LogP contribution in [0.25, 0.3) is 0 Å². The summed E-state index contributed by atoms with van der Waals surface area (Å²) in [6.07, 6.45) is -45.0. The van der Waals surface area contributed by atoms with Crippen LogP contribution in [0.5, 0.6) is 0 Å². The summed E-state index contributed by atoms with van der Waals surface area (Å²) in [5.74, 6) is -7.01. The number of aliphatic carboxylic acids is 1. The van der Waals surface area contributed by atoms with Gasteiger partial charge in [0.2, 0.25) is 5.91 Å². The molecule has 0 radical (unpaired) electrons. The zero-order chi connectivity index (χ0) is 50.5. The van der Waals surface area contributed by atoms with Crippen LogP contribution in [0.2, 0.25) is 0 Å².